The van der Waals surface area contributed by atoms with Crippen molar-refractivity contribution < 1.29 is 4.79 Å². The number of pyridine rings is 1. The molecule has 0 spiro atoms. The Morgan fingerprint density at radius 3 is 3.00 bits per heavy atom. The molecule has 112 valence electrons. The smallest absolute Gasteiger partial charge is 0.252 e. The van der Waals surface area contributed by atoms with Gasteiger partial charge in [-0.15, -0.1) is 11.3 Å². The zero-order chi connectivity index (χ0) is 15.1. The summed E-state index contributed by atoms with van der Waals surface area (Å²) < 4.78 is 1.65. The normalized spacial score (nSPS) is 10.5. The van der Waals surface area contributed by atoms with Crippen LogP contribution in [-0.2, 0) is 13.0 Å². The molecule has 0 aromatic carbocycles. The van der Waals surface area contributed by atoms with Crippen molar-refractivity contribution in [1.82, 2.24) is 9.88 Å². The Labute approximate surface area is 128 Å². The minimum atomic E-state index is -0.0333. The minimum absolute atomic E-state index is 0.00846. The van der Waals surface area contributed by atoms with Crippen LogP contribution in [-0.4, -0.2) is 17.0 Å². The summed E-state index contributed by atoms with van der Waals surface area (Å²) in [4.78, 5) is 24.7. The van der Waals surface area contributed by atoms with Gasteiger partial charge in [-0.05, 0) is 25.0 Å². The second-order valence-corrected chi connectivity index (χ2v) is 5.89. The van der Waals surface area contributed by atoms with Crippen molar-refractivity contribution in [1.29, 1.82) is 0 Å². The zero-order valence-electron chi connectivity index (χ0n) is 12.2. The molecule has 0 fully saturated rings. The number of nitrogens with zero attached hydrogens (tertiary/aromatic N) is 1. The summed E-state index contributed by atoms with van der Waals surface area (Å²) in [5, 5.41) is 4.80. The molecule has 0 unspecified atom stereocenters. The van der Waals surface area contributed by atoms with Crippen molar-refractivity contribution in [2.45, 2.75) is 32.7 Å². The quantitative estimate of drug-likeness (QED) is 0.800. The molecule has 2 aromatic rings. The average Bonchev–Trinajstić information content (AvgIpc) is 2.94. The molecule has 2 heterocycles. The van der Waals surface area contributed by atoms with Gasteiger partial charge in [0, 0.05) is 35.6 Å². The number of amides is 1. The van der Waals surface area contributed by atoms with E-state index in [1.165, 1.54) is 4.88 Å². The lowest BCUT2D eigenvalue weighted by Gasteiger charge is -2.06. The maximum Gasteiger partial charge on any atom is 0.252 e. The van der Waals surface area contributed by atoms with Gasteiger partial charge in [0.1, 0.15) is 0 Å². The molecule has 0 bridgehead atoms. The molecular weight excluding hydrogens is 284 g/mol. The van der Waals surface area contributed by atoms with Crippen molar-refractivity contribution in [2.24, 2.45) is 0 Å². The van der Waals surface area contributed by atoms with E-state index in [-0.39, 0.29) is 11.5 Å². The van der Waals surface area contributed by atoms with Gasteiger partial charge >= 0.3 is 0 Å². The topological polar surface area (TPSA) is 51.1 Å². The van der Waals surface area contributed by atoms with Crippen molar-refractivity contribution in [3.63, 3.8) is 0 Å². The van der Waals surface area contributed by atoms with Crippen LogP contribution in [0.4, 0.5) is 0 Å². The highest BCUT2D eigenvalue weighted by atomic mass is 32.1. The molecule has 0 aliphatic rings. The summed E-state index contributed by atoms with van der Waals surface area (Å²) in [5.41, 5.74) is 0.728. The first-order valence-corrected chi connectivity index (χ1v) is 8.09. The first-order chi connectivity index (χ1) is 10.2. The Balaban J connectivity index is 1.76. The van der Waals surface area contributed by atoms with Gasteiger partial charge in [0.2, 0.25) is 5.56 Å². The summed E-state index contributed by atoms with van der Waals surface area (Å²) in [6.45, 7) is 3.31. The number of aryl methyl sites for hydroxylation is 2. The van der Waals surface area contributed by atoms with E-state index in [2.05, 4.69) is 12.2 Å². The molecular formula is C16H20N2O2S. The van der Waals surface area contributed by atoms with Crippen molar-refractivity contribution in [3.8, 4) is 0 Å². The SMILES string of the molecule is CCCc1cc(C(=O)NCCCn2ccccc2=O)cs1. The van der Waals surface area contributed by atoms with Gasteiger partial charge in [-0.3, -0.25) is 9.59 Å². The van der Waals surface area contributed by atoms with Gasteiger partial charge in [0.15, 0.2) is 0 Å². The maximum absolute atomic E-state index is 12.0. The molecule has 0 aliphatic heterocycles. The van der Waals surface area contributed by atoms with E-state index in [1.807, 2.05) is 17.5 Å². The van der Waals surface area contributed by atoms with Crippen molar-refractivity contribution in [3.05, 3.63) is 56.6 Å². The number of carbonyl (C=O) groups is 1. The van der Waals surface area contributed by atoms with Crippen LogP contribution >= 0.6 is 11.3 Å². The Bertz CT molecular complexity index is 645. The van der Waals surface area contributed by atoms with Crippen LogP contribution in [0.5, 0.6) is 0 Å². The first kappa shape index (κ1) is 15.5. The fraction of sp³-hybridized carbons (Fsp3) is 0.375. The predicted octanol–water partition coefficient (Wildman–Crippen LogP) is 2.68. The van der Waals surface area contributed by atoms with E-state index in [0.29, 0.717) is 13.1 Å². The molecule has 5 heteroatoms. The summed E-state index contributed by atoms with van der Waals surface area (Å²) in [6.07, 6.45) is 4.62. The predicted molar refractivity (Wildman–Crippen MR) is 86.0 cm³/mol. The Hall–Kier alpha value is -1.88. The molecule has 0 saturated carbocycles. The van der Waals surface area contributed by atoms with Crippen LogP contribution in [0.3, 0.4) is 0 Å². The highest BCUT2D eigenvalue weighted by Gasteiger charge is 2.07. The Kier molecular flexibility index (Phi) is 5.75. The number of rotatable bonds is 7. The zero-order valence-corrected chi connectivity index (χ0v) is 13.0. The van der Waals surface area contributed by atoms with E-state index in [4.69, 9.17) is 0 Å². The molecule has 1 N–H and O–H groups in total. The van der Waals surface area contributed by atoms with Crippen molar-refractivity contribution >= 4 is 17.2 Å². The highest BCUT2D eigenvalue weighted by molar-refractivity contribution is 7.10. The van der Waals surface area contributed by atoms with E-state index < -0.39 is 0 Å². The Morgan fingerprint density at radius 1 is 1.38 bits per heavy atom. The molecule has 1 amide bonds. The molecule has 0 atom stereocenters. The number of hydrogen-bond donors (Lipinski definition) is 1. The van der Waals surface area contributed by atoms with Crippen LogP contribution in [0.15, 0.2) is 40.6 Å². The molecule has 0 aliphatic carbocycles. The maximum atomic E-state index is 12.0. The first-order valence-electron chi connectivity index (χ1n) is 7.22. The number of aromatic nitrogens is 1. The summed E-state index contributed by atoms with van der Waals surface area (Å²) in [5.74, 6) is -0.0333. The van der Waals surface area contributed by atoms with Gasteiger partial charge in [-0.2, -0.15) is 0 Å². The van der Waals surface area contributed by atoms with Crippen LogP contribution < -0.4 is 10.9 Å². The summed E-state index contributed by atoms with van der Waals surface area (Å²) in [7, 11) is 0. The van der Waals surface area contributed by atoms with Crippen LogP contribution in [0, 0.1) is 0 Å². The third-order valence-electron chi connectivity index (χ3n) is 3.17. The average molecular weight is 304 g/mol. The second kappa shape index (κ2) is 7.78. The van der Waals surface area contributed by atoms with Gasteiger partial charge in [-0.1, -0.05) is 19.4 Å². The van der Waals surface area contributed by atoms with E-state index in [9.17, 15) is 9.59 Å². The number of hydrogen-bond acceptors (Lipinski definition) is 3. The van der Waals surface area contributed by atoms with Crippen molar-refractivity contribution in [2.75, 3.05) is 6.54 Å². The number of carbonyl (C=O) groups excluding carboxylic acids is 1. The lowest BCUT2D eigenvalue weighted by molar-refractivity contribution is 0.0953. The lowest BCUT2D eigenvalue weighted by atomic mass is 10.2. The molecule has 0 radical (unpaired) electrons. The minimum Gasteiger partial charge on any atom is -0.352 e. The Morgan fingerprint density at radius 2 is 2.24 bits per heavy atom. The summed E-state index contributed by atoms with van der Waals surface area (Å²) >= 11 is 1.63. The van der Waals surface area contributed by atoms with Gasteiger partial charge in [-0.25, -0.2) is 0 Å². The molecule has 2 aromatic heterocycles. The second-order valence-electron chi connectivity index (χ2n) is 4.89. The number of nitrogens with one attached hydrogen (secondary N) is 1. The van der Waals surface area contributed by atoms with E-state index in [0.717, 1.165) is 24.8 Å². The molecule has 2 rings (SSSR count). The van der Waals surface area contributed by atoms with Crippen LogP contribution in [0.25, 0.3) is 0 Å². The largest absolute Gasteiger partial charge is 0.352 e. The highest BCUT2D eigenvalue weighted by Crippen LogP contribution is 2.16. The standard InChI is InChI=1S/C16H20N2O2S/c1-2-6-14-11-13(12-21-14)16(20)17-8-5-10-18-9-4-3-7-15(18)19/h3-4,7,9,11-12H,2,5-6,8,10H2,1H3,(H,17,20). The van der Waals surface area contributed by atoms with Gasteiger partial charge in [0.05, 0.1) is 5.56 Å². The fourth-order valence-electron chi connectivity index (χ4n) is 2.08. The molecule has 4 nitrogen and oxygen atoms in total. The third kappa shape index (κ3) is 4.56. The van der Waals surface area contributed by atoms with E-state index >= 15 is 0 Å². The summed E-state index contributed by atoms with van der Waals surface area (Å²) in [6, 6.07) is 7.07. The van der Waals surface area contributed by atoms with Gasteiger partial charge < -0.3 is 9.88 Å². The molecule has 0 saturated heterocycles. The number of thiophene rings is 1. The van der Waals surface area contributed by atoms with Gasteiger partial charge in [0.25, 0.3) is 5.91 Å². The molecule has 21 heavy (non-hydrogen) atoms. The van der Waals surface area contributed by atoms with Crippen LogP contribution in [0.1, 0.15) is 35.0 Å². The van der Waals surface area contributed by atoms with E-state index in [1.54, 1.807) is 34.2 Å². The van der Waals surface area contributed by atoms with Crippen LogP contribution in [0.2, 0.25) is 0 Å². The monoisotopic (exact) mass is 304 g/mol. The fourth-order valence-corrected chi connectivity index (χ4v) is 3.05. The third-order valence-corrected chi connectivity index (χ3v) is 4.17. The lowest BCUT2D eigenvalue weighted by Crippen LogP contribution is -2.26.